The van der Waals surface area contributed by atoms with Gasteiger partial charge >= 0.3 is 0 Å². The fourth-order valence-electron chi connectivity index (χ4n) is 2.58. The normalized spacial score (nSPS) is 18.7. The summed E-state index contributed by atoms with van der Waals surface area (Å²) in [7, 11) is 0. The standard InChI is InChI=1S/C15H14ClNO3S/c16-13-6-5-11(20-13)15(19)17-7-1-3-10(9-17)14(18)12-4-2-8-21-12/h2,4-6,8,10H,1,3,7,9H2/t10-/m1/s1. The summed E-state index contributed by atoms with van der Waals surface area (Å²) >= 11 is 7.14. The van der Waals surface area contributed by atoms with E-state index >= 15 is 0 Å². The number of piperidine rings is 1. The SMILES string of the molecule is O=C(c1cccs1)[C@@H]1CCCN(C(=O)c2ccc(Cl)o2)C1. The van der Waals surface area contributed by atoms with Crippen LogP contribution in [-0.2, 0) is 0 Å². The van der Waals surface area contributed by atoms with Crippen molar-refractivity contribution in [3.05, 3.63) is 45.5 Å². The van der Waals surface area contributed by atoms with Crippen molar-refractivity contribution in [1.29, 1.82) is 0 Å². The lowest BCUT2D eigenvalue weighted by molar-refractivity contribution is 0.0612. The zero-order valence-electron chi connectivity index (χ0n) is 11.3. The highest BCUT2D eigenvalue weighted by Crippen LogP contribution is 2.25. The van der Waals surface area contributed by atoms with Gasteiger partial charge < -0.3 is 9.32 Å². The smallest absolute Gasteiger partial charge is 0.289 e. The Kier molecular flexibility index (Phi) is 4.12. The van der Waals surface area contributed by atoms with Crippen molar-refractivity contribution in [2.24, 2.45) is 5.92 Å². The Bertz CT molecular complexity index is 650. The van der Waals surface area contributed by atoms with Crippen LogP contribution in [0.1, 0.15) is 33.1 Å². The summed E-state index contributed by atoms with van der Waals surface area (Å²) in [6.45, 7) is 1.08. The predicted molar refractivity (Wildman–Crippen MR) is 81.0 cm³/mol. The van der Waals surface area contributed by atoms with Crippen molar-refractivity contribution in [3.63, 3.8) is 0 Å². The summed E-state index contributed by atoms with van der Waals surface area (Å²) in [6.07, 6.45) is 1.64. The number of likely N-dealkylation sites (tertiary alicyclic amines) is 1. The molecule has 21 heavy (non-hydrogen) atoms. The maximum atomic E-state index is 12.4. The number of Topliss-reactive ketones (excluding diaryl/α,β-unsaturated/α-hetero) is 1. The van der Waals surface area contributed by atoms with E-state index in [1.807, 2.05) is 17.5 Å². The van der Waals surface area contributed by atoms with E-state index in [2.05, 4.69) is 0 Å². The summed E-state index contributed by atoms with van der Waals surface area (Å²) in [5.41, 5.74) is 0. The fourth-order valence-corrected chi connectivity index (χ4v) is 3.47. The number of rotatable bonds is 3. The molecule has 1 saturated heterocycles. The molecule has 0 bridgehead atoms. The predicted octanol–water partition coefficient (Wildman–Crippen LogP) is 3.73. The van der Waals surface area contributed by atoms with E-state index in [-0.39, 0.29) is 28.6 Å². The van der Waals surface area contributed by atoms with Crippen LogP contribution in [0.4, 0.5) is 0 Å². The third kappa shape index (κ3) is 3.04. The second kappa shape index (κ2) is 6.03. The molecule has 1 aliphatic rings. The van der Waals surface area contributed by atoms with E-state index in [0.29, 0.717) is 13.1 Å². The number of thiophene rings is 1. The first kappa shape index (κ1) is 14.4. The third-order valence-electron chi connectivity index (χ3n) is 3.63. The summed E-state index contributed by atoms with van der Waals surface area (Å²) in [6, 6.07) is 6.82. The van der Waals surface area contributed by atoms with E-state index in [9.17, 15) is 9.59 Å². The van der Waals surface area contributed by atoms with Crippen LogP contribution in [0.15, 0.2) is 34.1 Å². The molecule has 0 spiro atoms. The molecule has 0 radical (unpaired) electrons. The number of carbonyl (C=O) groups excluding carboxylic acids is 2. The van der Waals surface area contributed by atoms with Crippen LogP contribution < -0.4 is 0 Å². The lowest BCUT2D eigenvalue weighted by Crippen LogP contribution is -2.42. The highest BCUT2D eigenvalue weighted by atomic mass is 35.5. The molecular formula is C15H14ClNO3S. The minimum atomic E-state index is -0.203. The zero-order valence-corrected chi connectivity index (χ0v) is 12.8. The number of halogens is 1. The molecule has 1 atom stereocenters. The summed E-state index contributed by atoms with van der Waals surface area (Å²) in [4.78, 5) is 27.2. The molecule has 0 aliphatic carbocycles. The van der Waals surface area contributed by atoms with Crippen molar-refractivity contribution in [1.82, 2.24) is 4.90 Å². The van der Waals surface area contributed by atoms with Crippen molar-refractivity contribution < 1.29 is 14.0 Å². The third-order valence-corrected chi connectivity index (χ3v) is 4.71. The second-order valence-electron chi connectivity index (χ2n) is 5.04. The number of ketones is 1. The van der Waals surface area contributed by atoms with Gasteiger partial charge in [-0.2, -0.15) is 0 Å². The molecule has 1 amide bonds. The van der Waals surface area contributed by atoms with Gasteiger partial charge in [-0.3, -0.25) is 9.59 Å². The van der Waals surface area contributed by atoms with Gasteiger partial charge in [-0.05, 0) is 48.0 Å². The summed E-state index contributed by atoms with van der Waals surface area (Å²) in [5.74, 6) is 0.0153. The van der Waals surface area contributed by atoms with E-state index in [1.54, 1.807) is 17.0 Å². The Balaban J connectivity index is 1.71. The maximum absolute atomic E-state index is 12.4. The Morgan fingerprint density at radius 3 is 2.86 bits per heavy atom. The van der Waals surface area contributed by atoms with Crippen molar-refractivity contribution >= 4 is 34.6 Å². The number of amides is 1. The van der Waals surface area contributed by atoms with Gasteiger partial charge in [-0.15, -0.1) is 11.3 Å². The second-order valence-corrected chi connectivity index (χ2v) is 6.36. The van der Waals surface area contributed by atoms with Crippen LogP contribution in [-0.4, -0.2) is 29.7 Å². The van der Waals surface area contributed by atoms with Gasteiger partial charge in [0, 0.05) is 19.0 Å². The van der Waals surface area contributed by atoms with E-state index in [4.69, 9.17) is 16.0 Å². The molecule has 2 aromatic heterocycles. The maximum Gasteiger partial charge on any atom is 0.289 e. The van der Waals surface area contributed by atoms with Gasteiger partial charge in [0.1, 0.15) is 0 Å². The van der Waals surface area contributed by atoms with Gasteiger partial charge in [-0.25, -0.2) is 0 Å². The van der Waals surface area contributed by atoms with Gasteiger partial charge in [0.25, 0.3) is 5.91 Å². The van der Waals surface area contributed by atoms with Gasteiger partial charge in [0.2, 0.25) is 0 Å². The van der Waals surface area contributed by atoms with Crippen LogP contribution in [0, 0.1) is 5.92 Å². The van der Waals surface area contributed by atoms with Crippen molar-refractivity contribution in [2.75, 3.05) is 13.1 Å². The molecule has 2 aromatic rings. The molecule has 0 N–H and O–H groups in total. The number of furan rings is 1. The summed E-state index contributed by atoms with van der Waals surface area (Å²) < 4.78 is 5.16. The van der Waals surface area contributed by atoms with Crippen LogP contribution in [0.2, 0.25) is 5.22 Å². The highest BCUT2D eigenvalue weighted by Gasteiger charge is 2.30. The van der Waals surface area contributed by atoms with E-state index in [1.165, 1.54) is 11.3 Å². The van der Waals surface area contributed by atoms with Gasteiger partial charge in [-0.1, -0.05) is 6.07 Å². The Hall–Kier alpha value is -1.59. The molecule has 4 nitrogen and oxygen atoms in total. The first-order valence-electron chi connectivity index (χ1n) is 6.77. The molecule has 0 aromatic carbocycles. The van der Waals surface area contributed by atoms with Crippen LogP contribution >= 0.6 is 22.9 Å². The molecule has 3 rings (SSSR count). The summed E-state index contributed by atoms with van der Waals surface area (Å²) in [5, 5.41) is 2.09. The number of carbonyl (C=O) groups is 2. The largest absolute Gasteiger partial charge is 0.440 e. The van der Waals surface area contributed by atoms with Crippen LogP contribution in [0.25, 0.3) is 0 Å². The molecule has 0 saturated carbocycles. The lowest BCUT2D eigenvalue weighted by atomic mass is 9.93. The molecule has 0 unspecified atom stereocenters. The first-order valence-corrected chi connectivity index (χ1v) is 8.03. The van der Waals surface area contributed by atoms with Gasteiger partial charge in [0.15, 0.2) is 16.8 Å². The fraction of sp³-hybridized carbons (Fsp3) is 0.333. The van der Waals surface area contributed by atoms with Crippen molar-refractivity contribution in [3.8, 4) is 0 Å². The molecule has 1 aliphatic heterocycles. The minimum absolute atomic E-state index is 0.125. The minimum Gasteiger partial charge on any atom is -0.440 e. The first-order chi connectivity index (χ1) is 10.1. The average Bonchev–Trinajstić information content (AvgIpc) is 3.17. The molecular weight excluding hydrogens is 310 g/mol. The average molecular weight is 324 g/mol. The Morgan fingerprint density at radius 1 is 1.33 bits per heavy atom. The topological polar surface area (TPSA) is 50.5 Å². The molecule has 6 heteroatoms. The van der Waals surface area contributed by atoms with Crippen LogP contribution in [0.3, 0.4) is 0 Å². The number of nitrogens with zero attached hydrogens (tertiary/aromatic N) is 1. The van der Waals surface area contributed by atoms with Crippen LogP contribution in [0.5, 0.6) is 0 Å². The number of hydrogen-bond donors (Lipinski definition) is 0. The molecule has 110 valence electrons. The zero-order chi connectivity index (χ0) is 14.8. The van der Waals surface area contributed by atoms with Gasteiger partial charge in [0.05, 0.1) is 4.88 Å². The van der Waals surface area contributed by atoms with E-state index < -0.39 is 0 Å². The molecule has 3 heterocycles. The quantitative estimate of drug-likeness (QED) is 0.809. The lowest BCUT2D eigenvalue weighted by Gasteiger charge is -2.31. The highest BCUT2D eigenvalue weighted by molar-refractivity contribution is 7.12. The Labute approximate surface area is 131 Å². The molecule has 1 fully saturated rings. The monoisotopic (exact) mass is 323 g/mol. The van der Waals surface area contributed by atoms with Crippen molar-refractivity contribution in [2.45, 2.75) is 12.8 Å². The Morgan fingerprint density at radius 2 is 2.19 bits per heavy atom. The number of hydrogen-bond acceptors (Lipinski definition) is 4. The van der Waals surface area contributed by atoms with E-state index in [0.717, 1.165) is 17.7 Å².